The second kappa shape index (κ2) is 11.3. The first-order valence-corrected chi connectivity index (χ1v) is 8.81. The molecule has 1 fully saturated rings. The molecular weight excluding hydrogens is 361 g/mol. The molecule has 2 rings (SSSR count). The summed E-state index contributed by atoms with van der Waals surface area (Å²) in [6, 6.07) is 7.37. The fraction of sp³-hybridized carbons (Fsp3) is 0.474. The van der Waals surface area contributed by atoms with E-state index < -0.39 is 0 Å². The van der Waals surface area contributed by atoms with Gasteiger partial charge in [0.1, 0.15) is 0 Å². The van der Waals surface area contributed by atoms with Gasteiger partial charge >= 0.3 is 5.97 Å². The number of hydrogen-bond acceptors (Lipinski definition) is 4. The van der Waals surface area contributed by atoms with E-state index in [1.807, 2.05) is 25.1 Å². The van der Waals surface area contributed by atoms with Gasteiger partial charge in [-0.15, -0.1) is 12.4 Å². The lowest BCUT2D eigenvalue weighted by Crippen LogP contribution is -2.37. The molecule has 0 N–H and O–H groups in total. The Morgan fingerprint density at radius 3 is 2.48 bits per heavy atom. The zero-order chi connectivity index (χ0) is 17.4. The van der Waals surface area contributed by atoms with Crippen LogP contribution in [0.5, 0.6) is 0 Å². The Kier molecular flexibility index (Phi) is 9.79. The molecule has 1 aromatic rings. The summed E-state index contributed by atoms with van der Waals surface area (Å²) in [5, 5.41) is 0.685. The zero-order valence-electron chi connectivity index (χ0n) is 14.4. The van der Waals surface area contributed by atoms with Crippen molar-refractivity contribution in [1.29, 1.82) is 0 Å². The molecule has 4 nitrogen and oxygen atoms in total. The van der Waals surface area contributed by atoms with Crippen molar-refractivity contribution in [3.63, 3.8) is 0 Å². The third kappa shape index (κ3) is 7.59. The lowest BCUT2D eigenvalue weighted by molar-refractivity contribution is -0.149. The number of hydrogen-bond donors (Lipinski definition) is 0. The van der Waals surface area contributed by atoms with Gasteiger partial charge < -0.3 is 9.64 Å². The second-order valence-electron chi connectivity index (χ2n) is 5.97. The number of ether oxygens (including phenoxy) is 1. The first kappa shape index (κ1) is 21.7. The molecule has 1 aliphatic rings. The third-order valence-corrected chi connectivity index (χ3v) is 4.47. The fourth-order valence-electron chi connectivity index (χ4n) is 2.77. The van der Waals surface area contributed by atoms with Gasteiger partial charge in [-0.3, -0.25) is 9.59 Å². The van der Waals surface area contributed by atoms with Crippen molar-refractivity contribution in [3.05, 3.63) is 40.9 Å². The molecule has 25 heavy (non-hydrogen) atoms. The number of ketones is 1. The van der Waals surface area contributed by atoms with Crippen molar-refractivity contribution in [3.8, 4) is 0 Å². The maximum Gasteiger partial charge on any atom is 0.309 e. The first-order valence-electron chi connectivity index (χ1n) is 8.44. The van der Waals surface area contributed by atoms with E-state index in [0.717, 1.165) is 38.0 Å². The molecule has 0 amide bonds. The number of likely N-dealkylation sites (tertiary alicyclic amines) is 1. The van der Waals surface area contributed by atoms with Gasteiger partial charge in [-0.05, 0) is 56.6 Å². The molecule has 0 spiro atoms. The SMILES string of the molecule is CCOC(=O)C1CCN(CCC(=O)/C=C/c2ccc(Cl)cc2)CC1.Cl. The van der Waals surface area contributed by atoms with E-state index in [-0.39, 0.29) is 30.1 Å². The molecule has 0 bridgehead atoms. The van der Waals surface area contributed by atoms with Gasteiger partial charge in [0.2, 0.25) is 0 Å². The number of piperidine rings is 1. The number of benzene rings is 1. The Labute approximate surface area is 160 Å². The van der Waals surface area contributed by atoms with Crippen LogP contribution in [0.2, 0.25) is 5.02 Å². The van der Waals surface area contributed by atoms with Crippen LogP contribution in [0.1, 0.15) is 31.7 Å². The average molecular weight is 386 g/mol. The predicted octanol–water partition coefficient (Wildman–Crippen LogP) is 4.01. The Morgan fingerprint density at radius 1 is 1.24 bits per heavy atom. The summed E-state index contributed by atoms with van der Waals surface area (Å²) in [6.07, 6.45) is 5.55. The van der Waals surface area contributed by atoms with Crippen LogP contribution in [0.3, 0.4) is 0 Å². The smallest absolute Gasteiger partial charge is 0.309 e. The first-order chi connectivity index (χ1) is 11.6. The van der Waals surface area contributed by atoms with Gasteiger partial charge in [0.15, 0.2) is 5.78 Å². The van der Waals surface area contributed by atoms with Gasteiger partial charge in [-0.2, -0.15) is 0 Å². The minimum absolute atomic E-state index is 0. The maximum atomic E-state index is 12.0. The second-order valence-corrected chi connectivity index (χ2v) is 6.41. The molecule has 0 radical (unpaired) electrons. The van der Waals surface area contributed by atoms with E-state index in [4.69, 9.17) is 16.3 Å². The quantitative estimate of drug-likeness (QED) is 0.525. The molecule has 0 atom stereocenters. The summed E-state index contributed by atoms with van der Waals surface area (Å²) in [5.74, 6) is 0.0401. The molecule has 0 aromatic heterocycles. The highest BCUT2D eigenvalue weighted by molar-refractivity contribution is 6.30. The Hall–Kier alpha value is -1.36. The molecule has 0 saturated carbocycles. The number of rotatable bonds is 7. The zero-order valence-corrected chi connectivity index (χ0v) is 16.0. The van der Waals surface area contributed by atoms with Crippen LogP contribution in [-0.4, -0.2) is 42.9 Å². The van der Waals surface area contributed by atoms with E-state index in [1.54, 1.807) is 18.2 Å². The highest BCUT2D eigenvalue weighted by atomic mass is 35.5. The summed E-state index contributed by atoms with van der Waals surface area (Å²) >= 11 is 5.83. The Bertz CT molecular complexity index is 579. The van der Waals surface area contributed by atoms with Crippen molar-refractivity contribution in [2.24, 2.45) is 5.92 Å². The summed E-state index contributed by atoms with van der Waals surface area (Å²) in [6.45, 7) is 4.69. The van der Waals surface area contributed by atoms with Gasteiger partial charge in [0, 0.05) is 18.0 Å². The van der Waals surface area contributed by atoms with Crippen LogP contribution in [0.4, 0.5) is 0 Å². The highest BCUT2D eigenvalue weighted by Gasteiger charge is 2.25. The van der Waals surface area contributed by atoms with Crippen LogP contribution in [0.25, 0.3) is 6.08 Å². The van der Waals surface area contributed by atoms with Crippen molar-refractivity contribution >= 4 is 41.8 Å². The Balaban J connectivity index is 0.00000312. The van der Waals surface area contributed by atoms with Gasteiger partial charge in [0.05, 0.1) is 12.5 Å². The minimum Gasteiger partial charge on any atom is -0.466 e. The normalized spacial score (nSPS) is 15.8. The molecule has 1 aromatic carbocycles. The number of halogens is 2. The van der Waals surface area contributed by atoms with Crippen molar-refractivity contribution in [1.82, 2.24) is 4.90 Å². The fourth-order valence-corrected chi connectivity index (χ4v) is 2.89. The number of esters is 1. The summed E-state index contributed by atoms with van der Waals surface area (Å²) in [5.41, 5.74) is 0.961. The largest absolute Gasteiger partial charge is 0.466 e. The third-order valence-electron chi connectivity index (χ3n) is 4.21. The van der Waals surface area contributed by atoms with Gasteiger partial charge in [-0.1, -0.05) is 29.8 Å². The number of allylic oxidation sites excluding steroid dienone is 1. The van der Waals surface area contributed by atoms with Crippen LogP contribution in [0.15, 0.2) is 30.3 Å². The molecule has 138 valence electrons. The van der Waals surface area contributed by atoms with E-state index >= 15 is 0 Å². The summed E-state index contributed by atoms with van der Waals surface area (Å²) in [7, 11) is 0. The van der Waals surface area contributed by atoms with E-state index in [9.17, 15) is 9.59 Å². The van der Waals surface area contributed by atoms with E-state index in [1.165, 1.54) is 0 Å². The Morgan fingerprint density at radius 2 is 1.88 bits per heavy atom. The molecule has 1 heterocycles. The van der Waals surface area contributed by atoms with Crippen LogP contribution < -0.4 is 0 Å². The lowest BCUT2D eigenvalue weighted by Gasteiger charge is -2.30. The molecule has 0 aliphatic carbocycles. The average Bonchev–Trinajstić information content (AvgIpc) is 2.60. The van der Waals surface area contributed by atoms with E-state index in [2.05, 4.69) is 4.90 Å². The molecule has 6 heteroatoms. The molecule has 0 unspecified atom stereocenters. The number of nitrogens with zero attached hydrogens (tertiary/aromatic N) is 1. The standard InChI is InChI=1S/C19H24ClNO3.ClH/c1-2-24-19(23)16-9-12-21(13-10-16)14-11-18(22)8-5-15-3-6-17(20)7-4-15;/h3-8,16H,2,9-14H2,1H3;1H/b8-5+;. The van der Waals surface area contributed by atoms with Gasteiger partial charge in [-0.25, -0.2) is 0 Å². The van der Waals surface area contributed by atoms with Crippen molar-refractivity contribution in [2.75, 3.05) is 26.2 Å². The number of carbonyl (C=O) groups excluding carboxylic acids is 2. The van der Waals surface area contributed by atoms with Crippen LogP contribution in [-0.2, 0) is 14.3 Å². The monoisotopic (exact) mass is 385 g/mol. The predicted molar refractivity (Wildman–Crippen MR) is 103 cm³/mol. The summed E-state index contributed by atoms with van der Waals surface area (Å²) < 4.78 is 5.07. The van der Waals surface area contributed by atoms with E-state index in [0.29, 0.717) is 18.1 Å². The highest BCUT2D eigenvalue weighted by Crippen LogP contribution is 2.19. The minimum atomic E-state index is -0.0841. The van der Waals surface area contributed by atoms with Crippen LogP contribution >= 0.6 is 24.0 Å². The molecular formula is C19H25Cl2NO3. The summed E-state index contributed by atoms with van der Waals surface area (Å²) in [4.78, 5) is 25.9. The molecule has 1 saturated heterocycles. The number of carbonyl (C=O) groups is 2. The van der Waals surface area contributed by atoms with Crippen molar-refractivity contribution in [2.45, 2.75) is 26.2 Å². The topological polar surface area (TPSA) is 46.6 Å². The molecule has 1 aliphatic heterocycles. The lowest BCUT2D eigenvalue weighted by atomic mass is 9.97. The van der Waals surface area contributed by atoms with Crippen LogP contribution in [0, 0.1) is 5.92 Å². The maximum absolute atomic E-state index is 12.0. The van der Waals surface area contributed by atoms with Gasteiger partial charge in [0.25, 0.3) is 0 Å². The van der Waals surface area contributed by atoms with Crippen molar-refractivity contribution < 1.29 is 14.3 Å².